The van der Waals surface area contributed by atoms with Crippen molar-refractivity contribution in [2.24, 2.45) is 0 Å². The summed E-state index contributed by atoms with van der Waals surface area (Å²) in [4.78, 5) is 4.91. The molecule has 1 fully saturated rings. The lowest BCUT2D eigenvalue weighted by Gasteiger charge is -2.36. The first-order valence-corrected chi connectivity index (χ1v) is 5.77. The second-order valence-electron chi connectivity index (χ2n) is 4.55. The standard InChI is InChI=1S/C11H25N3/c1-12-10-11-6-4-5-7-14(11)9-8-13(2)3/h11-12H,4-10H2,1-3H3. The Labute approximate surface area is 88.5 Å². The molecule has 1 saturated heterocycles. The van der Waals surface area contributed by atoms with Crippen LogP contribution in [0.1, 0.15) is 19.3 Å². The van der Waals surface area contributed by atoms with Gasteiger partial charge in [0.15, 0.2) is 0 Å². The third-order valence-electron chi connectivity index (χ3n) is 3.02. The zero-order valence-electron chi connectivity index (χ0n) is 9.92. The largest absolute Gasteiger partial charge is 0.318 e. The fourth-order valence-electron chi connectivity index (χ4n) is 2.15. The van der Waals surface area contributed by atoms with E-state index in [1.165, 1.54) is 38.9 Å². The lowest BCUT2D eigenvalue weighted by molar-refractivity contribution is 0.136. The number of rotatable bonds is 5. The summed E-state index contributed by atoms with van der Waals surface area (Å²) in [5, 5.41) is 3.30. The molecule has 0 radical (unpaired) electrons. The van der Waals surface area contributed by atoms with Crippen LogP contribution in [0.4, 0.5) is 0 Å². The van der Waals surface area contributed by atoms with Crippen molar-refractivity contribution in [1.29, 1.82) is 0 Å². The average molecular weight is 199 g/mol. The van der Waals surface area contributed by atoms with E-state index < -0.39 is 0 Å². The Balaban J connectivity index is 2.30. The van der Waals surface area contributed by atoms with Gasteiger partial charge in [-0.15, -0.1) is 0 Å². The van der Waals surface area contributed by atoms with E-state index in [9.17, 15) is 0 Å². The van der Waals surface area contributed by atoms with Gasteiger partial charge in [0.2, 0.25) is 0 Å². The molecule has 14 heavy (non-hydrogen) atoms. The van der Waals surface area contributed by atoms with Gasteiger partial charge in [0, 0.05) is 25.7 Å². The van der Waals surface area contributed by atoms with Gasteiger partial charge in [0.1, 0.15) is 0 Å². The molecule has 0 saturated carbocycles. The van der Waals surface area contributed by atoms with Crippen LogP contribution >= 0.6 is 0 Å². The third kappa shape index (κ3) is 3.95. The van der Waals surface area contributed by atoms with Crippen LogP contribution in [0, 0.1) is 0 Å². The molecule has 1 atom stereocenters. The van der Waals surface area contributed by atoms with E-state index in [0.717, 1.165) is 12.6 Å². The number of hydrogen-bond acceptors (Lipinski definition) is 3. The molecule has 0 aliphatic carbocycles. The molecule has 84 valence electrons. The molecule has 0 aromatic heterocycles. The fourth-order valence-corrected chi connectivity index (χ4v) is 2.15. The molecular weight excluding hydrogens is 174 g/mol. The van der Waals surface area contributed by atoms with Gasteiger partial charge < -0.3 is 10.2 Å². The number of hydrogen-bond donors (Lipinski definition) is 1. The van der Waals surface area contributed by atoms with Gasteiger partial charge >= 0.3 is 0 Å². The van der Waals surface area contributed by atoms with Crippen LogP contribution in [0.5, 0.6) is 0 Å². The number of likely N-dealkylation sites (tertiary alicyclic amines) is 1. The quantitative estimate of drug-likeness (QED) is 0.700. The second-order valence-corrected chi connectivity index (χ2v) is 4.55. The number of nitrogens with one attached hydrogen (secondary N) is 1. The van der Waals surface area contributed by atoms with Crippen molar-refractivity contribution in [3.05, 3.63) is 0 Å². The summed E-state index contributed by atoms with van der Waals surface area (Å²) in [5.74, 6) is 0. The van der Waals surface area contributed by atoms with Crippen molar-refractivity contribution in [3.8, 4) is 0 Å². The summed E-state index contributed by atoms with van der Waals surface area (Å²) in [7, 11) is 6.35. The maximum Gasteiger partial charge on any atom is 0.0221 e. The predicted octanol–water partition coefficient (Wildman–Crippen LogP) is 0.622. The molecule has 1 rings (SSSR count). The minimum atomic E-state index is 0.772. The number of piperidine rings is 1. The van der Waals surface area contributed by atoms with E-state index in [1.807, 2.05) is 0 Å². The van der Waals surface area contributed by atoms with Gasteiger partial charge in [-0.2, -0.15) is 0 Å². The minimum absolute atomic E-state index is 0.772. The summed E-state index contributed by atoms with van der Waals surface area (Å²) >= 11 is 0. The minimum Gasteiger partial charge on any atom is -0.318 e. The highest BCUT2D eigenvalue weighted by Gasteiger charge is 2.20. The zero-order valence-corrected chi connectivity index (χ0v) is 9.92. The summed E-state index contributed by atoms with van der Waals surface area (Å²) < 4.78 is 0. The molecule has 0 amide bonds. The Hall–Kier alpha value is -0.120. The molecule has 0 aromatic rings. The van der Waals surface area contributed by atoms with Crippen molar-refractivity contribution in [1.82, 2.24) is 15.1 Å². The number of nitrogens with zero attached hydrogens (tertiary/aromatic N) is 2. The van der Waals surface area contributed by atoms with Crippen LogP contribution < -0.4 is 5.32 Å². The van der Waals surface area contributed by atoms with E-state index in [2.05, 4.69) is 36.3 Å². The smallest absolute Gasteiger partial charge is 0.0221 e. The van der Waals surface area contributed by atoms with Gasteiger partial charge in [-0.3, -0.25) is 4.90 Å². The Morgan fingerprint density at radius 2 is 2.14 bits per heavy atom. The molecule has 1 N–H and O–H groups in total. The van der Waals surface area contributed by atoms with Crippen molar-refractivity contribution in [2.45, 2.75) is 25.3 Å². The molecule has 1 unspecified atom stereocenters. The van der Waals surface area contributed by atoms with E-state index in [4.69, 9.17) is 0 Å². The molecule has 3 heteroatoms. The second kappa shape index (κ2) is 6.38. The van der Waals surface area contributed by atoms with Gasteiger partial charge in [0.25, 0.3) is 0 Å². The Morgan fingerprint density at radius 3 is 2.79 bits per heavy atom. The summed E-state index contributed by atoms with van der Waals surface area (Å²) in [6.45, 7) is 4.84. The highest BCUT2D eigenvalue weighted by Crippen LogP contribution is 2.15. The van der Waals surface area contributed by atoms with Gasteiger partial charge in [-0.05, 0) is 40.5 Å². The summed E-state index contributed by atoms with van der Waals surface area (Å²) in [6, 6.07) is 0.772. The van der Waals surface area contributed by atoms with Crippen LogP contribution in [0.3, 0.4) is 0 Å². The topological polar surface area (TPSA) is 18.5 Å². The Morgan fingerprint density at radius 1 is 1.36 bits per heavy atom. The Kier molecular flexibility index (Phi) is 5.45. The first-order chi connectivity index (χ1) is 6.74. The van der Waals surface area contributed by atoms with Crippen LogP contribution in [0.2, 0.25) is 0 Å². The predicted molar refractivity (Wildman–Crippen MR) is 61.7 cm³/mol. The van der Waals surface area contributed by atoms with Crippen LogP contribution in [0.25, 0.3) is 0 Å². The first kappa shape index (κ1) is 12.0. The molecule has 1 aliphatic heterocycles. The van der Waals surface area contributed by atoms with Crippen LogP contribution in [-0.4, -0.2) is 63.2 Å². The molecule has 1 heterocycles. The van der Waals surface area contributed by atoms with Crippen molar-refractivity contribution < 1.29 is 0 Å². The van der Waals surface area contributed by atoms with E-state index >= 15 is 0 Å². The third-order valence-corrected chi connectivity index (χ3v) is 3.02. The van der Waals surface area contributed by atoms with Crippen molar-refractivity contribution in [3.63, 3.8) is 0 Å². The van der Waals surface area contributed by atoms with E-state index in [0.29, 0.717) is 0 Å². The maximum absolute atomic E-state index is 3.30. The normalized spacial score (nSPS) is 24.4. The lowest BCUT2D eigenvalue weighted by Crippen LogP contribution is -2.47. The molecule has 0 aromatic carbocycles. The number of likely N-dealkylation sites (N-methyl/N-ethyl adjacent to an activating group) is 2. The molecule has 0 spiro atoms. The summed E-state index contributed by atoms with van der Waals surface area (Å²) in [5.41, 5.74) is 0. The molecule has 0 bridgehead atoms. The van der Waals surface area contributed by atoms with Crippen molar-refractivity contribution >= 4 is 0 Å². The van der Waals surface area contributed by atoms with Gasteiger partial charge in [-0.1, -0.05) is 6.42 Å². The van der Waals surface area contributed by atoms with E-state index in [-0.39, 0.29) is 0 Å². The maximum atomic E-state index is 3.30. The van der Waals surface area contributed by atoms with Gasteiger partial charge in [-0.25, -0.2) is 0 Å². The van der Waals surface area contributed by atoms with Crippen LogP contribution in [0.15, 0.2) is 0 Å². The molecule has 3 nitrogen and oxygen atoms in total. The average Bonchev–Trinajstić information content (AvgIpc) is 2.17. The summed E-state index contributed by atoms with van der Waals surface area (Å²) in [6.07, 6.45) is 4.16. The van der Waals surface area contributed by atoms with Gasteiger partial charge in [0.05, 0.1) is 0 Å². The lowest BCUT2D eigenvalue weighted by atomic mass is 10.0. The molecular formula is C11H25N3. The zero-order chi connectivity index (χ0) is 10.4. The van der Waals surface area contributed by atoms with Crippen LogP contribution in [-0.2, 0) is 0 Å². The first-order valence-electron chi connectivity index (χ1n) is 5.77. The fraction of sp³-hybridized carbons (Fsp3) is 1.00. The van der Waals surface area contributed by atoms with E-state index in [1.54, 1.807) is 0 Å². The molecule has 1 aliphatic rings. The Bertz CT molecular complexity index is 145. The highest BCUT2D eigenvalue weighted by atomic mass is 15.2. The van der Waals surface area contributed by atoms with Crippen molar-refractivity contribution in [2.75, 3.05) is 47.3 Å². The highest BCUT2D eigenvalue weighted by molar-refractivity contribution is 4.78. The SMILES string of the molecule is CNCC1CCCCN1CCN(C)C. The monoisotopic (exact) mass is 199 g/mol.